The Labute approximate surface area is 196 Å². The average molecular weight is 453 g/mol. The number of ketones is 1. The quantitative estimate of drug-likeness (QED) is 0.335. The van der Waals surface area contributed by atoms with Crippen molar-refractivity contribution < 1.29 is 23.8 Å². The molecule has 11 atom stereocenters. The predicted octanol–water partition coefficient (Wildman–Crippen LogP) is 4.40. The van der Waals surface area contributed by atoms with E-state index in [2.05, 4.69) is 20.4 Å². The Morgan fingerprint density at radius 2 is 1.79 bits per heavy atom. The fourth-order valence-corrected chi connectivity index (χ4v) is 9.97. The normalized spacial score (nSPS) is 58.6. The van der Waals surface area contributed by atoms with Crippen molar-refractivity contribution in [2.75, 3.05) is 6.61 Å². The van der Waals surface area contributed by atoms with Crippen molar-refractivity contribution >= 4 is 11.8 Å². The summed E-state index contributed by atoms with van der Waals surface area (Å²) in [5.74, 6) is 2.29. The third-order valence-electron chi connectivity index (χ3n) is 12.0. The second-order valence-electron chi connectivity index (χ2n) is 12.8. The number of carbonyl (C=O) groups is 2. The molecule has 3 saturated heterocycles. The summed E-state index contributed by atoms with van der Waals surface area (Å²) >= 11 is 0. The van der Waals surface area contributed by atoms with Gasteiger partial charge in [0.1, 0.15) is 17.3 Å². The van der Waals surface area contributed by atoms with E-state index in [1.807, 2.05) is 19.1 Å². The number of esters is 1. The molecule has 3 saturated carbocycles. The number of allylic oxidation sites excluding steroid dienone is 1. The summed E-state index contributed by atoms with van der Waals surface area (Å²) in [5, 5.41) is 0. The van der Waals surface area contributed by atoms with Crippen molar-refractivity contribution in [3.05, 3.63) is 24.3 Å². The lowest BCUT2D eigenvalue weighted by Gasteiger charge is -2.58. The fourth-order valence-electron chi connectivity index (χ4n) is 9.97. The van der Waals surface area contributed by atoms with Crippen LogP contribution in [0, 0.1) is 40.4 Å². The molecule has 5 heteroatoms. The zero-order valence-electron chi connectivity index (χ0n) is 20.1. The van der Waals surface area contributed by atoms with Crippen LogP contribution >= 0.6 is 0 Å². The summed E-state index contributed by atoms with van der Waals surface area (Å²) in [6.45, 7) is 11.3. The van der Waals surface area contributed by atoms with E-state index < -0.39 is 5.60 Å². The Kier molecular flexibility index (Phi) is 3.92. The lowest BCUT2D eigenvalue weighted by molar-refractivity contribution is -0.201. The van der Waals surface area contributed by atoms with Gasteiger partial charge in [-0.15, -0.1) is 0 Å². The monoisotopic (exact) mass is 452 g/mol. The molecule has 4 aliphatic carbocycles. The van der Waals surface area contributed by atoms with Crippen molar-refractivity contribution in [1.82, 2.24) is 0 Å². The minimum atomic E-state index is -0.577. The number of hydrogen-bond acceptors (Lipinski definition) is 5. The van der Waals surface area contributed by atoms with Crippen LogP contribution in [-0.2, 0) is 23.8 Å². The molecule has 2 bridgehead atoms. The SMILES string of the molecule is C=C1C(=O)O[C@@H]2C[C@]1(C)OC[C@H]2[C@H]1CC[C@H]2[C@@H]3C[C@H]4O[C@]45CC=CC(=O)[C@]5(C)[C@H]3CC[C@]12C. The van der Waals surface area contributed by atoms with Gasteiger partial charge in [0.2, 0.25) is 0 Å². The van der Waals surface area contributed by atoms with Crippen LogP contribution < -0.4 is 0 Å². The van der Waals surface area contributed by atoms with Crippen LogP contribution in [0.5, 0.6) is 0 Å². The van der Waals surface area contributed by atoms with Crippen LogP contribution in [0.3, 0.4) is 0 Å². The van der Waals surface area contributed by atoms with E-state index in [0.29, 0.717) is 41.6 Å². The van der Waals surface area contributed by atoms with Gasteiger partial charge < -0.3 is 14.2 Å². The summed E-state index contributed by atoms with van der Waals surface area (Å²) in [5.41, 5.74) is -0.520. The van der Waals surface area contributed by atoms with Crippen LogP contribution in [0.4, 0.5) is 0 Å². The second-order valence-corrected chi connectivity index (χ2v) is 12.8. The van der Waals surface area contributed by atoms with Gasteiger partial charge in [-0.05, 0) is 87.5 Å². The fraction of sp³-hybridized carbons (Fsp3) is 0.786. The Hall–Kier alpha value is -1.46. The highest BCUT2D eigenvalue weighted by atomic mass is 16.6. The van der Waals surface area contributed by atoms with Crippen LogP contribution in [0.1, 0.15) is 65.7 Å². The molecule has 1 spiro atoms. The molecule has 7 rings (SSSR count). The molecule has 0 N–H and O–H groups in total. The van der Waals surface area contributed by atoms with Gasteiger partial charge in [-0.25, -0.2) is 4.79 Å². The number of hydrogen-bond donors (Lipinski definition) is 0. The molecule has 178 valence electrons. The minimum Gasteiger partial charge on any atom is -0.458 e. The van der Waals surface area contributed by atoms with Crippen molar-refractivity contribution in [2.24, 2.45) is 40.4 Å². The highest BCUT2D eigenvalue weighted by Crippen LogP contribution is 2.73. The standard InChI is InChI=1S/C28H36O5/c1-15-24(30)32-21-13-26(15,3)31-14-17(21)19-8-7-18-16-12-23-28(33-23)10-5-6-22(29)27(28,4)20(16)9-11-25(18,19)2/h5-6,16-21,23H,1,7-14H2,2-4H3/t16-,17-,18-,19+,20-,21+,23+,25-,26-,27-,28+/m0/s1. The minimum absolute atomic E-state index is 0.0756. The molecule has 0 unspecified atom stereocenters. The summed E-state index contributed by atoms with van der Waals surface area (Å²) in [7, 11) is 0. The number of rotatable bonds is 1. The third kappa shape index (κ3) is 2.32. The smallest absolute Gasteiger partial charge is 0.336 e. The zero-order chi connectivity index (χ0) is 23.0. The maximum absolute atomic E-state index is 13.3. The first-order valence-electron chi connectivity index (χ1n) is 13.1. The first-order valence-corrected chi connectivity index (χ1v) is 13.1. The van der Waals surface area contributed by atoms with Gasteiger partial charge in [0, 0.05) is 12.3 Å². The van der Waals surface area contributed by atoms with Crippen LogP contribution in [0.15, 0.2) is 24.3 Å². The summed E-state index contributed by atoms with van der Waals surface area (Å²) < 4.78 is 18.6. The highest BCUT2D eigenvalue weighted by molar-refractivity contribution is 5.97. The van der Waals surface area contributed by atoms with Crippen molar-refractivity contribution in [2.45, 2.75) is 89.1 Å². The molecule has 3 aliphatic heterocycles. The molecule has 0 aromatic heterocycles. The van der Waals surface area contributed by atoms with E-state index in [1.165, 1.54) is 6.42 Å². The largest absolute Gasteiger partial charge is 0.458 e. The lowest BCUT2D eigenvalue weighted by Crippen LogP contribution is -2.61. The van der Waals surface area contributed by atoms with Gasteiger partial charge in [-0.3, -0.25) is 4.79 Å². The van der Waals surface area contributed by atoms with Crippen LogP contribution in [-0.4, -0.2) is 41.8 Å². The first kappa shape index (κ1) is 20.9. The van der Waals surface area contributed by atoms with Gasteiger partial charge in [-0.1, -0.05) is 19.6 Å². The molecule has 0 amide bonds. The number of fused-ring (bicyclic) bond motifs is 6. The molecule has 3 heterocycles. The molecule has 7 aliphatic rings. The van der Waals surface area contributed by atoms with E-state index in [4.69, 9.17) is 14.2 Å². The second kappa shape index (κ2) is 6.20. The van der Waals surface area contributed by atoms with E-state index in [9.17, 15) is 9.59 Å². The summed E-state index contributed by atoms with van der Waals surface area (Å²) in [4.78, 5) is 25.8. The van der Waals surface area contributed by atoms with Gasteiger partial charge >= 0.3 is 5.97 Å². The topological polar surface area (TPSA) is 65.1 Å². The van der Waals surface area contributed by atoms with Gasteiger partial charge in [-0.2, -0.15) is 0 Å². The summed E-state index contributed by atoms with van der Waals surface area (Å²) in [6, 6.07) is 0. The van der Waals surface area contributed by atoms with Crippen LogP contribution in [0.25, 0.3) is 0 Å². The number of ether oxygens (including phenoxy) is 3. The van der Waals surface area contributed by atoms with Crippen molar-refractivity contribution in [1.29, 1.82) is 0 Å². The number of carbonyl (C=O) groups excluding carboxylic acids is 2. The molecular weight excluding hydrogens is 416 g/mol. The van der Waals surface area contributed by atoms with E-state index in [1.54, 1.807) is 0 Å². The van der Waals surface area contributed by atoms with Gasteiger partial charge in [0.15, 0.2) is 5.78 Å². The van der Waals surface area contributed by atoms with Gasteiger partial charge in [0.25, 0.3) is 0 Å². The van der Waals surface area contributed by atoms with Gasteiger partial charge in [0.05, 0.1) is 23.7 Å². The Morgan fingerprint density at radius 1 is 1.03 bits per heavy atom. The van der Waals surface area contributed by atoms with Crippen molar-refractivity contribution in [3.63, 3.8) is 0 Å². The molecule has 33 heavy (non-hydrogen) atoms. The average Bonchev–Trinajstić information content (AvgIpc) is 3.37. The van der Waals surface area contributed by atoms with E-state index >= 15 is 0 Å². The first-order chi connectivity index (χ1) is 15.6. The molecule has 5 nitrogen and oxygen atoms in total. The third-order valence-corrected chi connectivity index (χ3v) is 12.0. The molecule has 0 aromatic carbocycles. The Balaban J connectivity index is 1.19. The van der Waals surface area contributed by atoms with E-state index in [-0.39, 0.29) is 40.5 Å². The molecule has 0 aromatic rings. The Bertz CT molecular complexity index is 1000. The maximum atomic E-state index is 13.3. The molecule has 0 radical (unpaired) electrons. The Morgan fingerprint density at radius 3 is 2.58 bits per heavy atom. The maximum Gasteiger partial charge on any atom is 0.336 e. The number of epoxide rings is 1. The van der Waals surface area contributed by atoms with E-state index in [0.717, 1.165) is 38.5 Å². The van der Waals surface area contributed by atoms with Crippen molar-refractivity contribution in [3.8, 4) is 0 Å². The highest BCUT2D eigenvalue weighted by Gasteiger charge is 2.77. The lowest BCUT2D eigenvalue weighted by atomic mass is 9.44. The predicted molar refractivity (Wildman–Crippen MR) is 121 cm³/mol. The molecule has 6 fully saturated rings. The summed E-state index contributed by atoms with van der Waals surface area (Å²) in [6.07, 6.45) is 11.3. The zero-order valence-corrected chi connectivity index (χ0v) is 20.1. The molecular formula is C28H36O5. The van der Waals surface area contributed by atoms with Crippen LogP contribution in [0.2, 0.25) is 0 Å².